The molecule has 0 bridgehead atoms. The van der Waals surface area contributed by atoms with Gasteiger partial charge in [-0.3, -0.25) is 9.78 Å². The van der Waals surface area contributed by atoms with Crippen LogP contribution in [0, 0.1) is 0 Å². The van der Waals surface area contributed by atoms with Crippen molar-refractivity contribution in [2.45, 2.75) is 0 Å². The first-order chi connectivity index (χ1) is 13.2. The topological polar surface area (TPSA) is 79.8 Å². The van der Waals surface area contributed by atoms with Gasteiger partial charge in [-0.2, -0.15) is 0 Å². The molecule has 0 aliphatic heterocycles. The van der Waals surface area contributed by atoms with Crippen LogP contribution in [0.1, 0.15) is 10.5 Å². The van der Waals surface area contributed by atoms with Crippen molar-refractivity contribution in [3.8, 4) is 0 Å². The predicted molar refractivity (Wildman–Crippen MR) is 106 cm³/mol. The summed E-state index contributed by atoms with van der Waals surface area (Å²) in [4.78, 5) is 16.8. The van der Waals surface area contributed by atoms with Gasteiger partial charge in [0, 0.05) is 22.3 Å². The largest absolute Gasteiger partial charge is 0.339 e. The van der Waals surface area contributed by atoms with Gasteiger partial charge in [-0.1, -0.05) is 29.8 Å². The number of nitrogens with one attached hydrogen (secondary N) is 2. The molecule has 0 radical (unpaired) electrons. The van der Waals surface area contributed by atoms with Crippen LogP contribution in [-0.4, -0.2) is 21.1 Å². The van der Waals surface area contributed by atoms with Gasteiger partial charge in [0.2, 0.25) is 0 Å². The zero-order valence-corrected chi connectivity index (χ0v) is 14.8. The van der Waals surface area contributed by atoms with E-state index < -0.39 is 0 Å². The van der Waals surface area contributed by atoms with Gasteiger partial charge >= 0.3 is 0 Å². The molecule has 0 aliphatic carbocycles. The minimum atomic E-state index is -0.348. The Morgan fingerprint density at radius 3 is 2.48 bits per heavy atom. The molecule has 27 heavy (non-hydrogen) atoms. The van der Waals surface area contributed by atoms with Crippen molar-refractivity contribution in [3.63, 3.8) is 0 Å². The smallest absolute Gasteiger partial charge is 0.276 e. The molecule has 2 aromatic heterocycles. The van der Waals surface area contributed by atoms with Crippen molar-refractivity contribution in [1.82, 2.24) is 15.2 Å². The van der Waals surface area contributed by atoms with Crippen molar-refractivity contribution < 1.29 is 4.79 Å². The number of hydrogen-bond donors (Lipinski definition) is 2. The molecule has 0 aliphatic rings. The van der Waals surface area contributed by atoms with Crippen LogP contribution < -0.4 is 10.6 Å². The first-order valence-corrected chi connectivity index (χ1v) is 8.58. The third-order valence-corrected chi connectivity index (χ3v) is 4.15. The molecular formula is C20H14ClN5O. The van der Waals surface area contributed by atoms with Crippen LogP contribution in [0.4, 0.5) is 17.2 Å². The van der Waals surface area contributed by atoms with Gasteiger partial charge in [-0.15, -0.1) is 10.2 Å². The summed E-state index contributed by atoms with van der Waals surface area (Å²) in [5.41, 5.74) is 2.39. The van der Waals surface area contributed by atoms with Gasteiger partial charge < -0.3 is 10.6 Å². The lowest BCUT2D eigenvalue weighted by molar-refractivity contribution is 0.102. The van der Waals surface area contributed by atoms with Crippen LogP contribution in [0.2, 0.25) is 5.02 Å². The van der Waals surface area contributed by atoms with Crippen LogP contribution in [0.15, 0.2) is 72.9 Å². The van der Waals surface area contributed by atoms with E-state index in [-0.39, 0.29) is 11.6 Å². The second-order valence-corrected chi connectivity index (χ2v) is 6.21. The van der Waals surface area contributed by atoms with Gasteiger partial charge in [-0.25, -0.2) is 0 Å². The molecule has 0 spiro atoms. The van der Waals surface area contributed by atoms with Crippen molar-refractivity contribution >= 4 is 45.6 Å². The lowest BCUT2D eigenvalue weighted by Gasteiger charge is -2.08. The average molecular weight is 376 g/mol. The van der Waals surface area contributed by atoms with Crippen LogP contribution >= 0.6 is 11.6 Å². The van der Waals surface area contributed by atoms with Gasteiger partial charge in [0.15, 0.2) is 11.5 Å². The maximum atomic E-state index is 12.5. The number of anilines is 3. The molecule has 132 valence electrons. The Balaban J connectivity index is 1.50. The maximum Gasteiger partial charge on any atom is 0.276 e. The van der Waals surface area contributed by atoms with Crippen molar-refractivity contribution in [2.75, 3.05) is 10.6 Å². The number of para-hydroxylation sites is 1. The summed E-state index contributed by atoms with van der Waals surface area (Å²) in [7, 11) is 0. The third-order valence-electron chi connectivity index (χ3n) is 3.89. The number of aromatic nitrogens is 3. The molecule has 4 rings (SSSR count). The predicted octanol–water partition coefficient (Wildman–Crippen LogP) is 4.67. The van der Waals surface area contributed by atoms with Gasteiger partial charge in [-0.05, 0) is 48.5 Å². The third kappa shape index (κ3) is 3.86. The van der Waals surface area contributed by atoms with Crippen molar-refractivity contribution in [3.05, 3.63) is 83.6 Å². The van der Waals surface area contributed by atoms with E-state index in [2.05, 4.69) is 25.8 Å². The van der Waals surface area contributed by atoms with Crippen LogP contribution in [0.3, 0.4) is 0 Å². The van der Waals surface area contributed by atoms with Crippen LogP contribution in [0.5, 0.6) is 0 Å². The maximum absolute atomic E-state index is 12.5. The quantitative estimate of drug-likeness (QED) is 0.541. The summed E-state index contributed by atoms with van der Waals surface area (Å²) < 4.78 is 0. The van der Waals surface area contributed by atoms with E-state index in [0.29, 0.717) is 16.5 Å². The number of hydrogen-bond acceptors (Lipinski definition) is 5. The lowest BCUT2D eigenvalue weighted by atomic mass is 10.2. The molecule has 0 saturated carbocycles. The van der Waals surface area contributed by atoms with E-state index in [1.54, 1.807) is 36.5 Å². The molecular weight excluding hydrogens is 362 g/mol. The van der Waals surface area contributed by atoms with E-state index in [4.69, 9.17) is 11.6 Å². The molecule has 2 heterocycles. The highest BCUT2D eigenvalue weighted by atomic mass is 35.5. The summed E-state index contributed by atoms with van der Waals surface area (Å²) in [6.07, 6.45) is 1.69. The van der Waals surface area contributed by atoms with E-state index in [1.807, 2.05) is 36.4 Å². The first-order valence-electron chi connectivity index (χ1n) is 8.20. The van der Waals surface area contributed by atoms with Crippen molar-refractivity contribution in [1.29, 1.82) is 0 Å². The fraction of sp³-hybridized carbons (Fsp3) is 0. The number of fused-ring (bicyclic) bond motifs is 1. The molecule has 7 heteroatoms. The number of amides is 1. The Morgan fingerprint density at radius 2 is 1.70 bits per heavy atom. The Hall–Kier alpha value is -3.51. The Bertz CT molecular complexity index is 1090. The van der Waals surface area contributed by atoms with Crippen LogP contribution in [0.25, 0.3) is 10.9 Å². The summed E-state index contributed by atoms with van der Waals surface area (Å²) in [6, 6.07) is 19.9. The molecule has 4 aromatic rings. The molecule has 0 saturated heterocycles. The SMILES string of the molecule is O=C(Nc1cccc2cccnc12)c1ccc(Nc2ccc(Cl)cc2)nn1. The zero-order valence-electron chi connectivity index (χ0n) is 14.1. The number of benzene rings is 2. The second kappa shape index (κ2) is 7.39. The number of carbonyl (C=O) groups is 1. The fourth-order valence-corrected chi connectivity index (χ4v) is 2.72. The van der Waals surface area contributed by atoms with Gasteiger partial charge in [0.05, 0.1) is 11.2 Å². The Labute approximate surface area is 160 Å². The van der Waals surface area contributed by atoms with E-state index in [9.17, 15) is 4.79 Å². The van der Waals surface area contributed by atoms with E-state index in [1.165, 1.54) is 0 Å². The highest BCUT2D eigenvalue weighted by molar-refractivity contribution is 6.30. The number of nitrogens with zero attached hydrogens (tertiary/aromatic N) is 3. The summed E-state index contributed by atoms with van der Waals surface area (Å²) in [5.74, 6) is 0.180. The number of pyridine rings is 1. The molecule has 0 atom stereocenters. The van der Waals surface area contributed by atoms with Gasteiger partial charge in [0.1, 0.15) is 0 Å². The minimum absolute atomic E-state index is 0.213. The highest BCUT2D eigenvalue weighted by Crippen LogP contribution is 2.21. The Morgan fingerprint density at radius 1 is 0.889 bits per heavy atom. The lowest BCUT2D eigenvalue weighted by Crippen LogP contribution is -2.15. The molecule has 0 unspecified atom stereocenters. The zero-order chi connectivity index (χ0) is 18.6. The average Bonchev–Trinajstić information content (AvgIpc) is 2.70. The number of rotatable bonds is 4. The normalized spacial score (nSPS) is 10.6. The monoisotopic (exact) mass is 375 g/mol. The second-order valence-electron chi connectivity index (χ2n) is 5.77. The van der Waals surface area contributed by atoms with Gasteiger partial charge in [0.25, 0.3) is 5.91 Å². The molecule has 6 nitrogen and oxygen atoms in total. The summed E-state index contributed by atoms with van der Waals surface area (Å²) >= 11 is 5.87. The molecule has 2 aromatic carbocycles. The molecule has 2 N–H and O–H groups in total. The first kappa shape index (κ1) is 16.9. The number of carbonyl (C=O) groups excluding carboxylic acids is 1. The standard InChI is InChI=1S/C20H14ClN5O/c21-14-6-8-15(9-7-14)23-18-11-10-17(25-26-18)20(27)24-16-5-1-3-13-4-2-12-22-19(13)16/h1-12H,(H,23,26)(H,24,27). The van der Waals surface area contributed by atoms with E-state index in [0.717, 1.165) is 16.6 Å². The highest BCUT2D eigenvalue weighted by Gasteiger charge is 2.11. The summed E-state index contributed by atoms with van der Waals surface area (Å²) in [6.45, 7) is 0. The summed E-state index contributed by atoms with van der Waals surface area (Å²) in [5, 5.41) is 15.6. The van der Waals surface area contributed by atoms with E-state index >= 15 is 0 Å². The fourth-order valence-electron chi connectivity index (χ4n) is 2.59. The Kier molecular flexibility index (Phi) is 4.63. The van der Waals surface area contributed by atoms with Crippen LogP contribution in [-0.2, 0) is 0 Å². The minimum Gasteiger partial charge on any atom is -0.339 e. The number of halogens is 1. The molecule has 0 fully saturated rings. The van der Waals surface area contributed by atoms with Crippen molar-refractivity contribution in [2.24, 2.45) is 0 Å². The molecule has 1 amide bonds.